The van der Waals surface area contributed by atoms with E-state index in [4.69, 9.17) is 4.74 Å². The van der Waals surface area contributed by atoms with Crippen molar-refractivity contribution < 1.29 is 4.74 Å². The highest BCUT2D eigenvalue weighted by atomic mass is 16.5. The van der Waals surface area contributed by atoms with Crippen LogP contribution in [0.2, 0.25) is 0 Å². The highest BCUT2D eigenvalue weighted by Crippen LogP contribution is 2.34. The number of ether oxygens (including phenoxy) is 1. The van der Waals surface area contributed by atoms with E-state index in [1.807, 2.05) is 19.2 Å². The quantitative estimate of drug-likeness (QED) is 0.838. The van der Waals surface area contributed by atoms with E-state index in [9.17, 15) is 0 Å². The van der Waals surface area contributed by atoms with Crippen molar-refractivity contribution in [3.05, 3.63) is 54.1 Å². The molecule has 0 aliphatic rings. The minimum Gasteiger partial charge on any atom is -0.493 e. The molecule has 0 fully saturated rings. The third-order valence-electron chi connectivity index (χ3n) is 3.50. The molecule has 2 rings (SSSR count). The van der Waals surface area contributed by atoms with Crippen molar-refractivity contribution in [2.45, 2.75) is 26.3 Å². The molecule has 20 heavy (non-hydrogen) atoms. The Morgan fingerprint density at radius 3 is 2.35 bits per heavy atom. The van der Waals surface area contributed by atoms with Crippen molar-refractivity contribution in [1.29, 1.82) is 0 Å². The Labute approximate surface area is 121 Å². The van der Waals surface area contributed by atoms with Crippen molar-refractivity contribution in [2.75, 3.05) is 13.7 Å². The van der Waals surface area contributed by atoms with E-state index in [1.54, 1.807) is 0 Å². The summed E-state index contributed by atoms with van der Waals surface area (Å²) in [6.45, 7) is 5.05. The van der Waals surface area contributed by atoms with E-state index in [2.05, 4.69) is 55.6 Å². The van der Waals surface area contributed by atoms with E-state index in [1.165, 1.54) is 16.7 Å². The van der Waals surface area contributed by atoms with Gasteiger partial charge in [0.25, 0.3) is 0 Å². The maximum Gasteiger partial charge on any atom is 0.127 e. The zero-order valence-electron chi connectivity index (χ0n) is 12.5. The number of hydrogen-bond donors (Lipinski definition) is 1. The lowest BCUT2D eigenvalue weighted by Gasteiger charge is -2.18. The van der Waals surface area contributed by atoms with Crippen LogP contribution < -0.4 is 10.1 Å². The van der Waals surface area contributed by atoms with Crippen molar-refractivity contribution in [2.24, 2.45) is 0 Å². The van der Waals surface area contributed by atoms with Crippen LogP contribution in [0.15, 0.2) is 48.5 Å². The average Bonchev–Trinajstić information content (AvgIpc) is 2.52. The van der Waals surface area contributed by atoms with Gasteiger partial charge in [-0.25, -0.2) is 0 Å². The molecule has 0 aliphatic carbocycles. The normalized spacial score (nSPS) is 12.2. The van der Waals surface area contributed by atoms with Gasteiger partial charge >= 0.3 is 0 Å². The lowest BCUT2D eigenvalue weighted by atomic mass is 9.95. The van der Waals surface area contributed by atoms with Gasteiger partial charge in [-0.1, -0.05) is 49.4 Å². The Hall–Kier alpha value is -1.80. The monoisotopic (exact) mass is 269 g/mol. The molecule has 0 aliphatic heterocycles. The average molecular weight is 269 g/mol. The summed E-state index contributed by atoms with van der Waals surface area (Å²) in [5.74, 6) is 0.963. The number of nitrogens with one attached hydrogen (secondary N) is 1. The summed E-state index contributed by atoms with van der Waals surface area (Å²) in [6, 6.07) is 17.1. The second-order valence-electron chi connectivity index (χ2n) is 4.94. The van der Waals surface area contributed by atoms with E-state index in [0.717, 1.165) is 18.8 Å². The van der Waals surface area contributed by atoms with Crippen LogP contribution in [-0.2, 0) is 0 Å². The SMILES string of the molecule is CCCOc1ccccc1-c1ccccc1C(C)NC. The third-order valence-corrected chi connectivity index (χ3v) is 3.50. The Morgan fingerprint density at radius 2 is 1.65 bits per heavy atom. The van der Waals surface area contributed by atoms with Crippen LogP contribution in [0.5, 0.6) is 5.75 Å². The molecule has 2 heteroatoms. The van der Waals surface area contributed by atoms with Gasteiger partial charge in [0.15, 0.2) is 0 Å². The molecule has 0 aromatic heterocycles. The van der Waals surface area contributed by atoms with Gasteiger partial charge in [0.2, 0.25) is 0 Å². The maximum absolute atomic E-state index is 5.89. The topological polar surface area (TPSA) is 21.3 Å². The smallest absolute Gasteiger partial charge is 0.127 e. The zero-order chi connectivity index (χ0) is 14.4. The van der Waals surface area contributed by atoms with E-state index in [0.29, 0.717) is 6.04 Å². The van der Waals surface area contributed by atoms with Crippen molar-refractivity contribution in [3.8, 4) is 16.9 Å². The number of hydrogen-bond acceptors (Lipinski definition) is 2. The molecule has 0 radical (unpaired) electrons. The highest BCUT2D eigenvalue weighted by molar-refractivity contribution is 5.73. The standard InChI is InChI=1S/C18H23NO/c1-4-13-20-18-12-8-7-11-17(18)16-10-6-5-9-15(16)14(2)19-3/h5-12,14,19H,4,13H2,1-3H3. The van der Waals surface area contributed by atoms with Crippen LogP contribution in [0.4, 0.5) is 0 Å². The number of benzene rings is 2. The van der Waals surface area contributed by atoms with Crippen LogP contribution >= 0.6 is 0 Å². The van der Waals surface area contributed by atoms with Crippen molar-refractivity contribution in [1.82, 2.24) is 5.32 Å². The van der Waals surface area contributed by atoms with Gasteiger partial charge < -0.3 is 10.1 Å². The van der Waals surface area contributed by atoms with Crippen LogP contribution in [0.25, 0.3) is 11.1 Å². The van der Waals surface area contributed by atoms with Gasteiger partial charge in [0.05, 0.1) is 6.61 Å². The van der Waals surface area contributed by atoms with Crippen molar-refractivity contribution in [3.63, 3.8) is 0 Å². The fourth-order valence-electron chi connectivity index (χ4n) is 2.30. The summed E-state index contributed by atoms with van der Waals surface area (Å²) in [5.41, 5.74) is 3.70. The van der Waals surface area contributed by atoms with E-state index < -0.39 is 0 Å². The molecule has 0 saturated carbocycles. The molecule has 0 saturated heterocycles. The summed E-state index contributed by atoms with van der Waals surface area (Å²) in [6.07, 6.45) is 1.02. The molecule has 1 N–H and O–H groups in total. The Kier molecular flexibility index (Phi) is 5.19. The second-order valence-corrected chi connectivity index (χ2v) is 4.94. The van der Waals surface area contributed by atoms with Gasteiger partial charge in [0.1, 0.15) is 5.75 Å². The van der Waals surface area contributed by atoms with Gasteiger partial charge in [-0.05, 0) is 37.6 Å². The first kappa shape index (κ1) is 14.6. The maximum atomic E-state index is 5.89. The molecule has 106 valence electrons. The molecular formula is C18H23NO. The van der Waals surface area contributed by atoms with Crippen LogP contribution in [-0.4, -0.2) is 13.7 Å². The molecule has 1 atom stereocenters. The Balaban J connectivity index is 2.46. The third kappa shape index (κ3) is 3.20. The summed E-state index contributed by atoms with van der Waals surface area (Å²) in [7, 11) is 1.99. The molecule has 2 aromatic carbocycles. The Morgan fingerprint density at radius 1 is 1.00 bits per heavy atom. The predicted octanol–water partition coefficient (Wildman–Crippen LogP) is 4.42. The number of rotatable bonds is 6. The minimum absolute atomic E-state index is 0.311. The largest absolute Gasteiger partial charge is 0.493 e. The summed E-state index contributed by atoms with van der Waals surface area (Å²) in [5, 5.41) is 3.31. The lowest BCUT2D eigenvalue weighted by Crippen LogP contribution is -2.13. The first-order valence-electron chi connectivity index (χ1n) is 7.26. The van der Waals surface area contributed by atoms with Crippen molar-refractivity contribution >= 4 is 0 Å². The van der Waals surface area contributed by atoms with Crippen LogP contribution in [0, 0.1) is 0 Å². The second kappa shape index (κ2) is 7.11. The fourth-order valence-corrected chi connectivity index (χ4v) is 2.30. The molecule has 0 heterocycles. The van der Waals surface area contributed by atoms with E-state index >= 15 is 0 Å². The zero-order valence-corrected chi connectivity index (χ0v) is 12.5. The van der Waals surface area contributed by atoms with Gasteiger partial charge in [-0.2, -0.15) is 0 Å². The Bertz CT molecular complexity index is 551. The highest BCUT2D eigenvalue weighted by Gasteiger charge is 2.13. The molecule has 0 amide bonds. The first-order valence-corrected chi connectivity index (χ1v) is 7.26. The summed E-state index contributed by atoms with van der Waals surface area (Å²) < 4.78 is 5.89. The summed E-state index contributed by atoms with van der Waals surface area (Å²) in [4.78, 5) is 0. The van der Waals surface area contributed by atoms with Gasteiger partial charge in [-0.15, -0.1) is 0 Å². The molecule has 0 bridgehead atoms. The predicted molar refractivity (Wildman–Crippen MR) is 85.1 cm³/mol. The number of para-hydroxylation sites is 1. The van der Waals surface area contributed by atoms with Crippen LogP contribution in [0.1, 0.15) is 31.9 Å². The summed E-state index contributed by atoms with van der Waals surface area (Å²) >= 11 is 0. The molecule has 0 spiro atoms. The minimum atomic E-state index is 0.311. The molecule has 1 unspecified atom stereocenters. The van der Waals surface area contributed by atoms with Gasteiger partial charge in [0, 0.05) is 11.6 Å². The molecule has 2 aromatic rings. The van der Waals surface area contributed by atoms with Crippen LogP contribution in [0.3, 0.4) is 0 Å². The molecular weight excluding hydrogens is 246 g/mol. The lowest BCUT2D eigenvalue weighted by molar-refractivity contribution is 0.318. The fraction of sp³-hybridized carbons (Fsp3) is 0.333. The van der Waals surface area contributed by atoms with E-state index in [-0.39, 0.29) is 0 Å². The molecule has 2 nitrogen and oxygen atoms in total. The first-order chi connectivity index (χ1) is 9.77. The van der Waals surface area contributed by atoms with Gasteiger partial charge in [-0.3, -0.25) is 0 Å².